The second kappa shape index (κ2) is 21.4. The van der Waals surface area contributed by atoms with E-state index in [-0.39, 0.29) is 43.3 Å². The number of allylic oxidation sites excluding steroid dienone is 2. The van der Waals surface area contributed by atoms with E-state index < -0.39 is 0 Å². The molecule has 0 atom stereocenters. The molecule has 6 heteroatoms. The molecule has 8 bridgehead atoms. The first-order valence-electron chi connectivity index (χ1n) is 32.4. The Balaban J connectivity index is 1.41. The maximum absolute atomic E-state index is 6.00. The summed E-state index contributed by atoms with van der Waals surface area (Å²) in [5.74, 6) is 0.677. The molecule has 0 fully saturated rings. The van der Waals surface area contributed by atoms with Crippen molar-refractivity contribution in [2.75, 3.05) is 0 Å². The van der Waals surface area contributed by atoms with Crippen LogP contribution in [-0.4, -0.2) is 26.5 Å². The Kier molecular flexibility index (Phi) is 15.1. The Labute approximate surface area is 532 Å². The minimum absolute atomic E-state index is 0.125. The molecule has 0 saturated heterocycles. The average molecular weight is 1180 g/mol. The molecule has 0 radical (unpaired) electrons. The molecule has 0 saturated carbocycles. The van der Waals surface area contributed by atoms with Crippen molar-refractivity contribution in [1.29, 1.82) is 0 Å². The predicted molar refractivity (Wildman–Crippen MR) is 379 cm³/mol. The Morgan fingerprint density at radius 3 is 1.06 bits per heavy atom. The lowest BCUT2D eigenvalue weighted by Gasteiger charge is -2.27. The van der Waals surface area contributed by atoms with Gasteiger partial charge in [-0.15, -0.1) is 0 Å². The van der Waals surface area contributed by atoms with Gasteiger partial charge in [0.25, 0.3) is 0 Å². The molecule has 0 aliphatic carbocycles. The first kappa shape index (κ1) is 62.8. The number of nitrogens with one attached hydrogen (secondary N) is 3. The van der Waals surface area contributed by atoms with Gasteiger partial charge in [-0.1, -0.05) is 269 Å². The van der Waals surface area contributed by atoms with Gasteiger partial charge in [-0.05, 0) is 146 Å². The number of H-pyrrole nitrogens is 3. The zero-order valence-electron chi connectivity index (χ0n) is 58.1. The number of aromatic amines is 3. The summed E-state index contributed by atoms with van der Waals surface area (Å²) in [5.41, 5.74) is 23.8. The largest absolute Gasteiger partial charge is 0.354 e. The monoisotopic (exact) mass is 1180 g/mol. The maximum atomic E-state index is 6.00. The highest BCUT2D eigenvalue weighted by Crippen LogP contribution is 2.43. The highest BCUT2D eigenvalue weighted by molar-refractivity contribution is 6.30. The minimum atomic E-state index is -0.168. The number of amidine groups is 1. The summed E-state index contributed by atoms with van der Waals surface area (Å²) in [6.07, 6.45) is 4.50. The van der Waals surface area contributed by atoms with Crippen LogP contribution in [0.1, 0.15) is 256 Å². The van der Waals surface area contributed by atoms with E-state index in [9.17, 15) is 0 Å². The molecule has 3 aromatic heterocycles. The topological polar surface area (TPSA) is 84.5 Å². The fraction of sp³-hybridized carbons (Fsp3) is 0.386. The fourth-order valence-corrected chi connectivity index (χ4v) is 12.3. The lowest BCUT2D eigenvalue weighted by atomic mass is 9.78. The maximum Gasteiger partial charge on any atom is 0.160 e. The zero-order chi connectivity index (χ0) is 64.7. The van der Waals surface area contributed by atoms with Crippen LogP contribution < -0.4 is 21.4 Å². The summed E-state index contributed by atoms with van der Waals surface area (Å²) in [4.78, 5) is 30.0. The van der Waals surface area contributed by atoms with E-state index in [0.717, 1.165) is 106 Å². The third-order valence-electron chi connectivity index (χ3n) is 18.3. The molecule has 5 aromatic carbocycles. The lowest BCUT2D eigenvalue weighted by molar-refractivity contribution is 0.567. The van der Waals surface area contributed by atoms with Gasteiger partial charge in [-0.3, -0.25) is 0 Å². The van der Waals surface area contributed by atoms with Crippen LogP contribution in [0.2, 0.25) is 0 Å². The van der Waals surface area contributed by atoms with Gasteiger partial charge in [-0.25, -0.2) is 15.0 Å². The zero-order valence-corrected chi connectivity index (χ0v) is 58.1. The molecule has 0 spiro atoms. The van der Waals surface area contributed by atoms with Crippen molar-refractivity contribution in [3.63, 3.8) is 0 Å². The Morgan fingerprint density at radius 1 is 0.292 bits per heavy atom. The summed E-state index contributed by atoms with van der Waals surface area (Å²) in [5, 5.41) is 3.68. The molecular weight excluding hydrogens is 1080 g/mol. The van der Waals surface area contributed by atoms with Crippen molar-refractivity contribution in [3.8, 4) is 0 Å². The van der Waals surface area contributed by atoms with Crippen LogP contribution in [0.25, 0.3) is 22.3 Å². The molecule has 11 rings (SSSR count). The number of benzene rings is 5. The number of fused-ring (bicyclic) bond motifs is 10. The molecule has 0 amide bonds. The summed E-state index contributed by atoms with van der Waals surface area (Å²) < 4.78 is 0. The number of aliphatic imine (C=N–C) groups is 2. The van der Waals surface area contributed by atoms with Crippen molar-refractivity contribution >= 4 is 39.5 Å². The van der Waals surface area contributed by atoms with Crippen molar-refractivity contribution in [1.82, 2.24) is 15.0 Å². The average Bonchev–Trinajstić information content (AvgIpc) is 2.30. The van der Waals surface area contributed by atoms with Crippen LogP contribution in [-0.2, 0) is 43.3 Å². The van der Waals surface area contributed by atoms with Crippen molar-refractivity contribution < 1.29 is 0 Å². The number of rotatable bonds is 5. The number of nitrogens with zero attached hydrogens (tertiary/aromatic N) is 3. The van der Waals surface area contributed by atoms with E-state index in [2.05, 4.69) is 321 Å². The van der Waals surface area contributed by atoms with Crippen molar-refractivity contribution in [2.45, 2.75) is 209 Å². The second-order valence-electron chi connectivity index (χ2n) is 34.0. The SMILES string of the molecule is CC(C)(C)c1cc(C2=C3C=CC(=N3)C(c3cc(C(C)(C)C)cc(C(C)(C)C)c3)=c3ccc([nH]3)=C(c3cc(C(C)(C)C)cc(C(C)(C)C)c3)c3ccc([nH]3)C(c3cc(C(C)(C)C)cc(C(C)(C)C)c3)=c3[nH]c2c2c3=NC(c3ccccc3)=N2)cc(C(C)(C)C)c1. The Hall–Kier alpha value is -7.83. The first-order valence-corrected chi connectivity index (χ1v) is 32.4. The normalized spacial score (nSPS) is 15.3. The van der Waals surface area contributed by atoms with Gasteiger partial charge < -0.3 is 15.0 Å². The van der Waals surface area contributed by atoms with Crippen LogP contribution in [0.15, 0.2) is 160 Å². The van der Waals surface area contributed by atoms with Crippen molar-refractivity contribution in [3.05, 3.63) is 256 Å². The van der Waals surface area contributed by atoms with Gasteiger partial charge in [-0.2, -0.15) is 0 Å². The third-order valence-corrected chi connectivity index (χ3v) is 18.3. The molecule has 8 aromatic rings. The van der Waals surface area contributed by atoms with E-state index >= 15 is 0 Å². The van der Waals surface area contributed by atoms with Gasteiger partial charge in [0.1, 0.15) is 11.0 Å². The molecule has 0 unspecified atom stereocenters. The number of hydrogen-bond donors (Lipinski definition) is 3. The van der Waals surface area contributed by atoms with Crippen LogP contribution in [0, 0.1) is 0 Å². The van der Waals surface area contributed by atoms with Gasteiger partial charge in [0.15, 0.2) is 5.84 Å². The minimum Gasteiger partial charge on any atom is -0.354 e. The molecule has 3 aliphatic rings. The van der Waals surface area contributed by atoms with E-state index in [1.54, 1.807) is 0 Å². The van der Waals surface area contributed by atoms with E-state index in [1.165, 1.54) is 44.5 Å². The van der Waals surface area contributed by atoms with Gasteiger partial charge in [0.05, 0.1) is 22.5 Å². The molecular formula is C83H98N6. The summed E-state index contributed by atoms with van der Waals surface area (Å²) >= 11 is 0. The number of hydrogen-bond acceptors (Lipinski definition) is 3. The second-order valence-corrected chi connectivity index (χ2v) is 34.0. The summed E-state index contributed by atoms with van der Waals surface area (Å²) in [6, 6.07) is 48.7. The molecule has 460 valence electrons. The van der Waals surface area contributed by atoms with Crippen LogP contribution in [0.4, 0.5) is 5.69 Å². The lowest BCUT2D eigenvalue weighted by Crippen LogP contribution is -2.27. The highest BCUT2D eigenvalue weighted by atomic mass is 15.0. The highest BCUT2D eigenvalue weighted by Gasteiger charge is 2.33. The van der Waals surface area contributed by atoms with E-state index in [4.69, 9.17) is 15.0 Å². The summed E-state index contributed by atoms with van der Waals surface area (Å²) in [7, 11) is 0. The molecule has 3 N–H and O–H groups in total. The summed E-state index contributed by atoms with van der Waals surface area (Å²) in [6.45, 7) is 55.8. The fourth-order valence-electron chi connectivity index (χ4n) is 12.3. The molecule has 6 nitrogen and oxygen atoms in total. The van der Waals surface area contributed by atoms with Crippen molar-refractivity contribution in [2.24, 2.45) is 15.0 Å². The van der Waals surface area contributed by atoms with E-state index in [1.807, 2.05) is 0 Å². The molecule has 3 aliphatic heterocycles. The predicted octanol–water partition coefficient (Wildman–Crippen LogP) is 18.2. The standard InChI is InChI=1S/C83H98N6/c1-76(2,3)53-36-49(37-54(44-53)77(4,5)6)67-61-30-31-62(84-61)68(50-38-55(78(7,8)9)45-56(39-50)79(10,11)12)64-33-35-66(86-64)70(52-42-59(82(19,20)21)47-60(43-52)83(22,23)24)72-74-73(88-75(89-74)48-28-26-25-27-29-48)71(87-72)69(65-34-32-63(67)85-65)51-40-57(80(13,14)15)46-58(41-51)81(16,17)18/h25-47,84-85,87H,1-24H3. The van der Waals surface area contributed by atoms with Gasteiger partial charge >= 0.3 is 0 Å². The quantitative estimate of drug-likeness (QED) is 0.153. The smallest absolute Gasteiger partial charge is 0.160 e. The molecule has 6 heterocycles. The van der Waals surface area contributed by atoms with Gasteiger partial charge in [0, 0.05) is 49.9 Å². The number of aromatic nitrogens is 3. The molecule has 89 heavy (non-hydrogen) atoms. The van der Waals surface area contributed by atoms with Crippen LogP contribution >= 0.6 is 0 Å². The Morgan fingerprint density at radius 2 is 0.652 bits per heavy atom. The first-order chi connectivity index (χ1) is 41.1. The van der Waals surface area contributed by atoms with Gasteiger partial charge in [0.2, 0.25) is 0 Å². The Bertz CT molecular complexity index is 4440. The third kappa shape index (κ3) is 12.3. The van der Waals surface area contributed by atoms with Crippen LogP contribution in [0.5, 0.6) is 0 Å². The van der Waals surface area contributed by atoms with Crippen LogP contribution in [0.3, 0.4) is 0 Å². The van der Waals surface area contributed by atoms with E-state index in [0.29, 0.717) is 5.84 Å².